The summed E-state index contributed by atoms with van der Waals surface area (Å²) in [7, 11) is 1.87. The Morgan fingerprint density at radius 2 is 2.23 bits per heavy atom. The fraction of sp³-hybridized carbons (Fsp3) is 0.857. The van der Waals surface area contributed by atoms with Gasteiger partial charge in [-0.15, -0.1) is 0 Å². The fourth-order valence-electron chi connectivity index (χ4n) is 1.18. The molecule has 6 heteroatoms. The molecule has 0 bridgehead atoms. The Bertz CT molecular complexity index is 205. The van der Waals surface area contributed by atoms with Crippen molar-refractivity contribution in [1.29, 1.82) is 0 Å². The first-order chi connectivity index (χ1) is 5.92. The zero-order valence-corrected chi connectivity index (χ0v) is 7.26. The summed E-state index contributed by atoms with van der Waals surface area (Å²) in [5.74, 6) is -5.73. The summed E-state index contributed by atoms with van der Waals surface area (Å²) in [5.41, 5.74) is 0. The van der Waals surface area contributed by atoms with Crippen molar-refractivity contribution in [3.05, 3.63) is 0 Å². The molecule has 1 aliphatic rings. The molecule has 0 spiro atoms. The SMILES string of the molecule is CN1CC(NCC(F)(F)C(=O)O)C1. The van der Waals surface area contributed by atoms with Gasteiger partial charge in [0, 0.05) is 19.1 Å². The Morgan fingerprint density at radius 1 is 1.69 bits per heavy atom. The van der Waals surface area contributed by atoms with Gasteiger partial charge in [0.25, 0.3) is 0 Å². The number of aliphatic carboxylic acids is 1. The lowest BCUT2D eigenvalue weighted by molar-refractivity contribution is -0.164. The van der Waals surface area contributed by atoms with Gasteiger partial charge in [-0.2, -0.15) is 8.78 Å². The minimum atomic E-state index is -3.66. The molecule has 0 unspecified atom stereocenters. The number of alkyl halides is 2. The molecule has 13 heavy (non-hydrogen) atoms. The number of halogens is 2. The van der Waals surface area contributed by atoms with Crippen LogP contribution >= 0.6 is 0 Å². The van der Waals surface area contributed by atoms with E-state index in [0.717, 1.165) is 0 Å². The average Bonchev–Trinajstić information content (AvgIpc) is 1.95. The van der Waals surface area contributed by atoms with Gasteiger partial charge in [-0.3, -0.25) is 0 Å². The van der Waals surface area contributed by atoms with Crippen LogP contribution in [0, 0.1) is 0 Å². The van der Waals surface area contributed by atoms with Gasteiger partial charge in [0.2, 0.25) is 0 Å². The van der Waals surface area contributed by atoms with Crippen molar-refractivity contribution in [2.75, 3.05) is 26.7 Å². The lowest BCUT2D eigenvalue weighted by Gasteiger charge is -2.37. The van der Waals surface area contributed by atoms with Crippen LogP contribution in [0.15, 0.2) is 0 Å². The minimum absolute atomic E-state index is 0.00442. The molecule has 76 valence electrons. The van der Waals surface area contributed by atoms with Crippen molar-refractivity contribution in [1.82, 2.24) is 10.2 Å². The molecular formula is C7H12F2N2O2. The Morgan fingerprint density at radius 3 is 2.62 bits per heavy atom. The van der Waals surface area contributed by atoms with Crippen molar-refractivity contribution >= 4 is 5.97 Å². The molecular weight excluding hydrogens is 182 g/mol. The molecule has 0 aliphatic carbocycles. The smallest absolute Gasteiger partial charge is 0.375 e. The van der Waals surface area contributed by atoms with E-state index in [-0.39, 0.29) is 6.04 Å². The second-order valence-corrected chi connectivity index (χ2v) is 3.31. The molecule has 1 heterocycles. The Hall–Kier alpha value is -0.750. The standard InChI is InChI=1S/C7H12F2N2O2/c1-11-2-5(3-11)10-4-7(8,9)6(12)13/h5,10H,2-4H2,1H3,(H,12,13). The van der Waals surface area contributed by atoms with Gasteiger partial charge >= 0.3 is 11.9 Å². The maximum atomic E-state index is 12.5. The Kier molecular flexibility index (Phi) is 2.82. The number of carbonyl (C=O) groups is 1. The van der Waals surface area contributed by atoms with Crippen LogP contribution in [0.5, 0.6) is 0 Å². The summed E-state index contributed by atoms with van der Waals surface area (Å²) >= 11 is 0. The second-order valence-electron chi connectivity index (χ2n) is 3.31. The van der Waals surface area contributed by atoms with Crippen molar-refractivity contribution in [2.45, 2.75) is 12.0 Å². The highest BCUT2D eigenvalue weighted by Crippen LogP contribution is 2.13. The quantitative estimate of drug-likeness (QED) is 0.640. The van der Waals surface area contributed by atoms with Gasteiger partial charge in [0.15, 0.2) is 0 Å². The molecule has 1 saturated heterocycles. The summed E-state index contributed by atoms with van der Waals surface area (Å²) < 4.78 is 25.0. The van der Waals surface area contributed by atoms with Crippen LogP contribution in [0.4, 0.5) is 8.78 Å². The van der Waals surface area contributed by atoms with Crippen molar-refractivity contribution in [3.63, 3.8) is 0 Å². The van der Waals surface area contributed by atoms with Crippen LogP contribution in [0.3, 0.4) is 0 Å². The van der Waals surface area contributed by atoms with Gasteiger partial charge in [0.1, 0.15) is 0 Å². The lowest BCUT2D eigenvalue weighted by Crippen LogP contribution is -2.58. The van der Waals surface area contributed by atoms with Gasteiger partial charge in [-0.1, -0.05) is 0 Å². The van der Waals surface area contributed by atoms with Gasteiger partial charge in [-0.25, -0.2) is 4.79 Å². The number of nitrogens with one attached hydrogen (secondary N) is 1. The van der Waals surface area contributed by atoms with Crippen molar-refractivity contribution in [3.8, 4) is 0 Å². The molecule has 4 nitrogen and oxygen atoms in total. The summed E-state index contributed by atoms with van der Waals surface area (Å²) in [6.07, 6.45) is 0. The van der Waals surface area contributed by atoms with E-state index in [0.29, 0.717) is 13.1 Å². The van der Waals surface area contributed by atoms with Gasteiger partial charge < -0.3 is 15.3 Å². The number of carboxylic acids is 1. The largest absolute Gasteiger partial charge is 0.477 e. The van der Waals surface area contributed by atoms with E-state index < -0.39 is 18.4 Å². The van der Waals surface area contributed by atoms with Crippen LogP contribution in [0.1, 0.15) is 0 Å². The molecule has 2 N–H and O–H groups in total. The fourth-order valence-corrected chi connectivity index (χ4v) is 1.18. The van der Waals surface area contributed by atoms with E-state index in [9.17, 15) is 13.6 Å². The molecule has 0 saturated carbocycles. The van der Waals surface area contributed by atoms with Crippen LogP contribution < -0.4 is 5.32 Å². The number of rotatable bonds is 4. The molecule has 1 rings (SSSR count). The highest BCUT2D eigenvalue weighted by molar-refractivity contribution is 5.75. The molecule has 0 radical (unpaired) electrons. The summed E-state index contributed by atoms with van der Waals surface area (Å²) in [6.45, 7) is 0.590. The molecule has 0 aromatic rings. The summed E-state index contributed by atoms with van der Waals surface area (Å²) in [6, 6.07) is -0.00442. The molecule has 1 aliphatic heterocycles. The number of hydrogen-bond acceptors (Lipinski definition) is 3. The van der Waals surface area contributed by atoms with E-state index in [1.54, 1.807) is 0 Å². The Balaban J connectivity index is 2.22. The molecule has 0 amide bonds. The van der Waals surface area contributed by atoms with Crippen LogP contribution in [-0.4, -0.2) is 54.6 Å². The average molecular weight is 194 g/mol. The van der Waals surface area contributed by atoms with E-state index in [2.05, 4.69) is 5.32 Å². The van der Waals surface area contributed by atoms with Gasteiger partial charge in [-0.05, 0) is 7.05 Å². The predicted molar refractivity (Wildman–Crippen MR) is 41.9 cm³/mol. The lowest BCUT2D eigenvalue weighted by atomic mass is 10.1. The first kappa shape index (κ1) is 10.3. The predicted octanol–water partition coefficient (Wildman–Crippen LogP) is -0.390. The van der Waals surface area contributed by atoms with Crippen LogP contribution in [0.2, 0.25) is 0 Å². The summed E-state index contributed by atoms with van der Waals surface area (Å²) in [4.78, 5) is 12.0. The van der Waals surface area contributed by atoms with Crippen molar-refractivity contribution in [2.24, 2.45) is 0 Å². The zero-order chi connectivity index (χ0) is 10.1. The second kappa shape index (κ2) is 3.55. The number of carboxylic acid groups (broad SMARTS) is 1. The number of hydrogen-bond donors (Lipinski definition) is 2. The first-order valence-electron chi connectivity index (χ1n) is 3.95. The highest BCUT2D eigenvalue weighted by Gasteiger charge is 2.39. The van der Waals surface area contributed by atoms with E-state index in [4.69, 9.17) is 5.11 Å². The Labute approximate surface area is 74.5 Å². The third kappa shape index (κ3) is 2.60. The number of nitrogens with zero attached hydrogens (tertiary/aromatic N) is 1. The molecule has 1 fully saturated rings. The minimum Gasteiger partial charge on any atom is -0.477 e. The zero-order valence-electron chi connectivity index (χ0n) is 7.26. The van der Waals surface area contributed by atoms with Crippen LogP contribution in [0.25, 0.3) is 0 Å². The maximum absolute atomic E-state index is 12.5. The number of likely N-dealkylation sites (N-methyl/N-ethyl adjacent to an activating group) is 1. The topological polar surface area (TPSA) is 52.6 Å². The normalized spacial score (nSPS) is 19.9. The third-order valence-corrected chi connectivity index (χ3v) is 1.99. The molecule has 0 atom stereocenters. The molecule has 0 aromatic heterocycles. The third-order valence-electron chi connectivity index (χ3n) is 1.99. The summed E-state index contributed by atoms with van der Waals surface area (Å²) in [5, 5.41) is 10.6. The van der Waals surface area contributed by atoms with E-state index >= 15 is 0 Å². The maximum Gasteiger partial charge on any atom is 0.375 e. The first-order valence-corrected chi connectivity index (χ1v) is 3.95. The van der Waals surface area contributed by atoms with E-state index in [1.807, 2.05) is 11.9 Å². The molecule has 0 aromatic carbocycles. The van der Waals surface area contributed by atoms with Crippen LogP contribution in [-0.2, 0) is 4.79 Å². The highest BCUT2D eigenvalue weighted by atomic mass is 19.3. The van der Waals surface area contributed by atoms with Crippen molar-refractivity contribution < 1.29 is 18.7 Å². The monoisotopic (exact) mass is 194 g/mol. The van der Waals surface area contributed by atoms with E-state index in [1.165, 1.54) is 0 Å². The number of likely N-dealkylation sites (tertiary alicyclic amines) is 1. The van der Waals surface area contributed by atoms with Gasteiger partial charge in [0.05, 0.1) is 6.54 Å².